The lowest BCUT2D eigenvalue weighted by Gasteiger charge is -2.38. The minimum atomic E-state index is -0.555. The lowest BCUT2D eigenvalue weighted by Crippen LogP contribution is -2.52. The highest BCUT2D eigenvalue weighted by Crippen LogP contribution is 2.30. The predicted octanol–water partition coefficient (Wildman–Crippen LogP) is 3.93. The largest absolute Gasteiger partial charge is 0.444 e. The van der Waals surface area contributed by atoms with Crippen LogP contribution in [0.1, 0.15) is 39.2 Å². The molecule has 26 heavy (non-hydrogen) atoms. The van der Waals surface area contributed by atoms with Crippen LogP contribution in [0.4, 0.5) is 9.18 Å². The Morgan fingerprint density at radius 3 is 2.62 bits per heavy atom. The van der Waals surface area contributed by atoms with Gasteiger partial charge in [0.25, 0.3) is 0 Å². The summed E-state index contributed by atoms with van der Waals surface area (Å²) >= 11 is 11.1. The molecule has 0 aromatic heterocycles. The zero-order chi connectivity index (χ0) is 19.1. The van der Waals surface area contributed by atoms with Crippen molar-refractivity contribution in [3.8, 4) is 0 Å². The van der Waals surface area contributed by atoms with Crippen molar-refractivity contribution in [3.63, 3.8) is 0 Å². The topological polar surface area (TPSA) is 53.9 Å². The van der Waals surface area contributed by atoms with Crippen molar-refractivity contribution in [3.05, 3.63) is 34.6 Å². The van der Waals surface area contributed by atoms with Gasteiger partial charge in [0, 0.05) is 31.5 Å². The molecule has 0 bridgehead atoms. The van der Waals surface area contributed by atoms with Crippen molar-refractivity contribution in [2.75, 3.05) is 13.1 Å². The molecule has 0 atom stereocenters. The maximum Gasteiger partial charge on any atom is 0.410 e. The van der Waals surface area contributed by atoms with Crippen molar-refractivity contribution in [1.29, 1.82) is 0 Å². The van der Waals surface area contributed by atoms with Crippen LogP contribution in [0.3, 0.4) is 0 Å². The first-order valence-corrected chi connectivity index (χ1v) is 9.23. The Kier molecular flexibility index (Phi) is 4.96. The van der Waals surface area contributed by atoms with Gasteiger partial charge in [-0.2, -0.15) is 0 Å². The SMILES string of the molecule is CC(C)(C)OC(=O)N1CCC2(CC1)N=C(c1ccc(Cl)c(F)c1)C(=S)N2. The van der Waals surface area contributed by atoms with Crippen LogP contribution in [-0.2, 0) is 4.74 Å². The molecule has 2 heterocycles. The standard InChI is InChI=1S/C18H21ClFN3O2S/c1-17(2,3)25-16(24)23-8-6-18(7-9-23)21-14(15(26)22-18)11-4-5-12(19)13(20)10-11/h4-5,10H,6-9H2,1-3H3,(H,22,26). The Labute approximate surface area is 162 Å². The molecule has 1 fully saturated rings. The number of amides is 1. The molecule has 1 amide bonds. The maximum atomic E-state index is 13.8. The summed E-state index contributed by atoms with van der Waals surface area (Å²) in [6.45, 7) is 6.55. The molecule has 2 aliphatic rings. The van der Waals surface area contributed by atoms with E-state index in [0.717, 1.165) is 0 Å². The molecule has 3 rings (SSSR count). The summed E-state index contributed by atoms with van der Waals surface area (Å²) in [6.07, 6.45) is 0.884. The lowest BCUT2D eigenvalue weighted by atomic mass is 9.98. The van der Waals surface area contributed by atoms with E-state index in [-0.39, 0.29) is 11.1 Å². The summed E-state index contributed by atoms with van der Waals surface area (Å²) in [7, 11) is 0. The van der Waals surface area contributed by atoms with Gasteiger partial charge in [0.2, 0.25) is 0 Å². The third-order valence-corrected chi connectivity index (χ3v) is 4.92. The van der Waals surface area contributed by atoms with Crippen LogP contribution in [0.5, 0.6) is 0 Å². The van der Waals surface area contributed by atoms with Crippen molar-refractivity contribution < 1.29 is 13.9 Å². The van der Waals surface area contributed by atoms with E-state index in [4.69, 9.17) is 33.5 Å². The monoisotopic (exact) mass is 397 g/mol. The highest BCUT2D eigenvalue weighted by Gasteiger charge is 2.42. The number of hydrogen-bond donors (Lipinski definition) is 1. The molecule has 2 aliphatic heterocycles. The van der Waals surface area contributed by atoms with Crippen LogP contribution >= 0.6 is 23.8 Å². The Balaban J connectivity index is 1.73. The minimum Gasteiger partial charge on any atom is -0.444 e. The van der Waals surface area contributed by atoms with Gasteiger partial charge in [0.1, 0.15) is 27.8 Å². The molecule has 1 spiro atoms. The summed E-state index contributed by atoms with van der Waals surface area (Å²) in [4.78, 5) is 19.1. The van der Waals surface area contributed by atoms with Gasteiger partial charge in [-0.05, 0) is 32.9 Å². The summed E-state index contributed by atoms with van der Waals surface area (Å²) in [6, 6.07) is 4.53. The van der Waals surface area contributed by atoms with E-state index < -0.39 is 17.1 Å². The number of thiocarbonyl (C=S) groups is 1. The van der Waals surface area contributed by atoms with Gasteiger partial charge in [-0.3, -0.25) is 4.99 Å². The molecule has 1 saturated heterocycles. The zero-order valence-corrected chi connectivity index (χ0v) is 16.5. The Hall–Kier alpha value is -1.73. The molecule has 1 aromatic rings. The van der Waals surface area contributed by atoms with Gasteiger partial charge in [-0.25, -0.2) is 9.18 Å². The van der Waals surface area contributed by atoms with E-state index in [2.05, 4.69) is 5.32 Å². The molecule has 8 heteroatoms. The molecule has 140 valence electrons. The van der Waals surface area contributed by atoms with E-state index in [0.29, 0.717) is 42.2 Å². The van der Waals surface area contributed by atoms with Gasteiger partial charge < -0.3 is 15.0 Å². The van der Waals surface area contributed by atoms with E-state index in [1.807, 2.05) is 20.8 Å². The number of carbonyl (C=O) groups excluding carboxylic acids is 1. The van der Waals surface area contributed by atoms with Gasteiger partial charge in [0.15, 0.2) is 0 Å². The predicted molar refractivity (Wildman–Crippen MR) is 103 cm³/mol. The van der Waals surface area contributed by atoms with Crippen molar-refractivity contribution in [1.82, 2.24) is 10.2 Å². The van der Waals surface area contributed by atoms with Crippen LogP contribution in [0.2, 0.25) is 5.02 Å². The van der Waals surface area contributed by atoms with E-state index in [1.165, 1.54) is 12.1 Å². The zero-order valence-electron chi connectivity index (χ0n) is 14.9. The quantitative estimate of drug-likeness (QED) is 0.729. The number of hydrogen-bond acceptors (Lipinski definition) is 4. The first-order valence-electron chi connectivity index (χ1n) is 8.44. The average Bonchev–Trinajstić information content (AvgIpc) is 2.85. The summed E-state index contributed by atoms with van der Waals surface area (Å²) in [5.74, 6) is -0.504. The molecule has 0 radical (unpaired) electrons. The summed E-state index contributed by atoms with van der Waals surface area (Å²) < 4.78 is 19.2. The fourth-order valence-corrected chi connectivity index (χ4v) is 3.50. The van der Waals surface area contributed by atoms with Crippen molar-refractivity contribution in [2.24, 2.45) is 4.99 Å². The van der Waals surface area contributed by atoms with Crippen molar-refractivity contribution >= 4 is 40.6 Å². The first-order chi connectivity index (χ1) is 12.1. The van der Waals surface area contributed by atoms with E-state index in [9.17, 15) is 9.18 Å². The Morgan fingerprint density at radius 1 is 1.38 bits per heavy atom. The fraction of sp³-hybridized carbons (Fsp3) is 0.500. The molecular formula is C18H21ClFN3O2S. The smallest absolute Gasteiger partial charge is 0.410 e. The first kappa shape index (κ1) is 19.0. The number of nitrogens with one attached hydrogen (secondary N) is 1. The van der Waals surface area contributed by atoms with E-state index >= 15 is 0 Å². The maximum absolute atomic E-state index is 13.8. The highest BCUT2D eigenvalue weighted by molar-refractivity contribution is 7.82. The number of ether oxygens (including phenoxy) is 1. The molecule has 0 saturated carbocycles. The Morgan fingerprint density at radius 2 is 2.04 bits per heavy atom. The fourth-order valence-electron chi connectivity index (χ4n) is 3.02. The second kappa shape index (κ2) is 6.78. The number of likely N-dealkylation sites (tertiary alicyclic amines) is 1. The minimum absolute atomic E-state index is 0.0617. The van der Waals surface area contributed by atoms with Gasteiger partial charge in [-0.1, -0.05) is 29.9 Å². The molecular weight excluding hydrogens is 377 g/mol. The second-order valence-corrected chi connectivity index (χ2v) is 8.36. The molecule has 1 aromatic carbocycles. The third kappa shape index (κ3) is 3.99. The van der Waals surface area contributed by atoms with Gasteiger partial charge >= 0.3 is 6.09 Å². The van der Waals surface area contributed by atoms with Crippen LogP contribution in [0, 0.1) is 5.82 Å². The molecule has 5 nitrogen and oxygen atoms in total. The lowest BCUT2D eigenvalue weighted by molar-refractivity contribution is 0.0165. The van der Waals surface area contributed by atoms with Crippen LogP contribution in [0.25, 0.3) is 0 Å². The third-order valence-electron chi connectivity index (χ3n) is 4.32. The number of rotatable bonds is 1. The van der Waals surface area contributed by atoms with Crippen LogP contribution in [0.15, 0.2) is 23.2 Å². The number of nitrogens with zero attached hydrogens (tertiary/aromatic N) is 2. The molecule has 1 N–H and O–H groups in total. The summed E-state index contributed by atoms with van der Waals surface area (Å²) in [5, 5.41) is 3.31. The molecule has 0 unspecified atom stereocenters. The Bertz CT molecular complexity index is 783. The molecule has 0 aliphatic carbocycles. The highest BCUT2D eigenvalue weighted by atomic mass is 35.5. The summed E-state index contributed by atoms with van der Waals surface area (Å²) in [5.41, 5.74) is 0.0712. The number of benzene rings is 1. The van der Waals surface area contributed by atoms with Crippen molar-refractivity contribution in [2.45, 2.75) is 44.9 Å². The van der Waals surface area contributed by atoms with Crippen LogP contribution in [-0.4, -0.2) is 46.0 Å². The second-order valence-electron chi connectivity index (χ2n) is 7.54. The number of piperidine rings is 1. The van der Waals surface area contributed by atoms with Crippen LogP contribution < -0.4 is 5.32 Å². The number of carbonyl (C=O) groups is 1. The number of aliphatic imine (C=N–C) groups is 1. The van der Waals surface area contributed by atoms with Gasteiger partial charge in [-0.15, -0.1) is 0 Å². The van der Waals surface area contributed by atoms with E-state index in [1.54, 1.807) is 11.0 Å². The normalized spacial score (nSPS) is 19.3. The average molecular weight is 398 g/mol. The van der Waals surface area contributed by atoms with Gasteiger partial charge in [0.05, 0.1) is 5.02 Å². The number of halogens is 2.